The lowest BCUT2D eigenvalue weighted by molar-refractivity contribution is -0.250. The number of rotatable bonds is 16. The van der Waals surface area contributed by atoms with E-state index < -0.39 is 69.5 Å². The Morgan fingerprint density at radius 2 is 0.663 bits per heavy atom. The van der Waals surface area contributed by atoms with Gasteiger partial charge in [0.15, 0.2) is 16.2 Å². The van der Waals surface area contributed by atoms with E-state index in [2.05, 4.69) is 27.7 Å². The number of halogens is 9. The van der Waals surface area contributed by atoms with Gasteiger partial charge in [-0.3, -0.25) is 24.0 Å². The summed E-state index contributed by atoms with van der Waals surface area (Å²) < 4.78 is 145. The third-order valence-corrected chi connectivity index (χ3v) is 26.4. The average molecular weight is 1420 g/mol. The van der Waals surface area contributed by atoms with Gasteiger partial charge in [0, 0.05) is 10.8 Å². The number of hydrogen-bond acceptors (Lipinski definition) is 10. The fraction of sp³-hybridized carbons (Fsp3) is 0.937. The van der Waals surface area contributed by atoms with Gasteiger partial charge >= 0.3 is 48.4 Å². The van der Waals surface area contributed by atoms with Crippen molar-refractivity contribution < 1.29 is 87.2 Å². The maximum atomic E-state index is 13.4. The summed E-state index contributed by atoms with van der Waals surface area (Å²) in [4.78, 5) is 60.3. The van der Waals surface area contributed by atoms with E-state index in [0.29, 0.717) is 36.0 Å². The molecule has 98 heavy (non-hydrogen) atoms. The zero-order valence-electron chi connectivity index (χ0n) is 61.0. The van der Waals surface area contributed by atoms with Crippen molar-refractivity contribution in [3.8, 4) is 0 Å². The lowest BCUT2D eigenvalue weighted by Crippen LogP contribution is -2.58. The molecule has 0 aliphatic heterocycles. The molecule has 12 saturated carbocycles. The van der Waals surface area contributed by atoms with Crippen molar-refractivity contribution in [1.82, 2.24) is 0 Å². The van der Waals surface area contributed by atoms with Crippen molar-refractivity contribution in [3.63, 3.8) is 0 Å². The summed E-state index contributed by atoms with van der Waals surface area (Å²) >= 11 is 0. The van der Waals surface area contributed by atoms with Crippen LogP contribution in [0.2, 0.25) is 0 Å². The zero-order chi connectivity index (χ0) is 71.5. The lowest BCUT2D eigenvalue weighted by atomic mass is 9.46. The van der Waals surface area contributed by atoms with Crippen molar-refractivity contribution >= 4 is 29.8 Å². The summed E-state index contributed by atoms with van der Waals surface area (Å²) in [7, 11) is 0. The van der Waals surface area contributed by atoms with Gasteiger partial charge in [0.05, 0.1) is 11.3 Å². The molecule has 12 fully saturated rings. The van der Waals surface area contributed by atoms with Gasteiger partial charge in [0.2, 0.25) is 0 Å². The van der Waals surface area contributed by atoms with E-state index in [1.807, 2.05) is 41.5 Å². The molecule has 576 valence electrons. The highest BCUT2D eigenvalue weighted by Gasteiger charge is 2.65. The number of carbonyl (C=O) groups excluding carboxylic acids is 5. The van der Waals surface area contributed by atoms with Crippen LogP contribution in [-0.2, 0) is 47.7 Å². The number of alkyl halides is 9. The number of esters is 5. The second-order valence-electron chi connectivity index (χ2n) is 35.4. The highest BCUT2D eigenvalue weighted by atomic mass is 19.4. The van der Waals surface area contributed by atoms with E-state index in [0.717, 1.165) is 102 Å². The molecular formula is C79H137F9O10. The molecule has 10 atom stereocenters. The standard InChI is InChI=1S/C19H29F3O2.C18H30O2.C14H21F3O2.C14H24O2.C10H17F3O2.4CH4/c1-5-17(4,19(20,21)22)15(23)24-16(2,3)18-9-12-6-13(10-18)8-14(7-12)11-18;1-5-12(2)16(19)20-17(3,4)18-9-13-6-14(10-18)8-15(7-13)11-18;1-4-12(2,14(15,16)17)11(18)19-13(3)8-9-5-6-10(13)7-9;1-5-13(2,3)12(15)16-14(4)9-10-6-7-11(14)8-10;1-6-9(5,10(11,12)13)7(14)15-8(2,3)4;;;;/h12-14H,5-11H2,1-4H3;12-15H,5-11H2,1-4H3;9-10H,4-8H2,1-3H3;10-11H,5-9H2,1-4H3;6H2,1-5H3;4*1H4. The third-order valence-electron chi connectivity index (χ3n) is 26.4. The van der Waals surface area contributed by atoms with E-state index in [1.165, 1.54) is 119 Å². The molecule has 0 amide bonds. The van der Waals surface area contributed by atoms with Crippen LogP contribution in [-0.4, -0.2) is 76.4 Å². The zero-order valence-corrected chi connectivity index (χ0v) is 61.0. The first-order valence-corrected chi connectivity index (χ1v) is 36.1. The number of hydrogen-bond donors (Lipinski definition) is 0. The normalized spacial score (nSPS) is 33.6. The molecule has 0 aromatic heterocycles. The molecule has 0 N–H and O–H groups in total. The fourth-order valence-electron chi connectivity index (χ4n) is 18.7. The molecule has 0 heterocycles. The van der Waals surface area contributed by atoms with Gasteiger partial charge in [0.1, 0.15) is 28.0 Å². The predicted octanol–water partition coefficient (Wildman–Crippen LogP) is 23.6. The van der Waals surface area contributed by atoms with Gasteiger partial charge in [-0.05, 0) is 317 Å². The van der Waals surface area contributed by atoms with Crippen LogP contribution in [0.5, 0.6) is 0 Å². The largest absolute Gasteiger partial charge is 0.459 e. The summed E-state index contributed by atoms with van der Waals surface area (Å²) in [5.74, 6) is 3.47. The Morgan fingerprint density at radius 3 is 0.908 bits per heavy atom. The summed E-state index contributed by atoms with van der Waals surface area (Å²) in [5, 5.41) is 0. The van der Waals surface area contributed by atoms with Gasteiger partial charge in [0.25, 0.3) is 0 Å². The van der Waals surface area contributed by atoms with Crippen LogP contribution < -0.4 is 0 Å². The van der Waals surface area contributed by atoms with Crippen LogP contribution in [0, 0.1) is 97.6 Å². The van der Waals surface area contributed by atoms with Gasteiger partial charge in [-0.1, -0.05) is 71.2 Å². The second-order valence-corrected chi connectivity index (χ2v) is 35.4. The summed E-state index contributed by atoms with van der Waals surface area (Å²) in [6, 6.07) is 0. The predicted molar refractivity (Wildman–Crippen MR) is 371 cm³/mol. The minimum atomic E-state index is -4.59. The Hall–Kier alpha value is -3.28. The molecule has 12 rings (SSSR count). The summed E-state index contributed by atoms with van der Waals surface area (Å²) in [6.07, 6.45) is 10.7. The lowest BCUT2D eigenvalue weighted by Gasteiger charge is -2.61. The van der Waals surface area contributed by atoms with Gasteiger partial charge in [-0.2, -0.15) is 39.5 Å². The summed E-state index contributed by atoms with van der Waals surface area (Å²) in [5.41, 5.74) is -10.3. The van der Waals surface area contributed by atoms with Crippen LogP contribution in [0.3, 0.4) is 0 Å². The third kappa shape index (κ3) is 19.0. The first kappa shape index (κ1) is 90.8. The van der Waals surface area contributed by atoms with Crippen molar-refractivity contribution in [1.29, 1.82) is 0 Å². The van der Waals surface area contributed by atoms with Crippen molar-refractivity contribution in [2.75, 3.05) is 0 Å². The molecule has 0 radical (unpaired) electrons. The van der Waals surface area contributed by atoms with Crippen LogP contribution in [0.1, 0.15) is 329 Å². The quantitative estimate of drug-likeness (QED) is 0.0836. The number of fused-ring (bicyclic) bond motifs is 4. The minimum Gasteiger partial charge on any atom is -0.459 e. The Balaban J connectivity index is 0.000000417. The van der Waals surface area contributed by atoms with Crippen LogP contribution in [0.4, 0.5) is 39.5 Å². The SMILES string of the molecule is C.C.C.C.CCC(C)(C(=O)OC(C)(C)C)C(F)(F)F.CCC(C)(C(=O)OC(C)(C)C12CC3CC(CC(C3)C1)C2)C(F)(F)F.CCC(C)(C(=O)OC1(C)CC2CCC1C2)C(F)(F)F.CCC(C)(C)C(=O)OC1(C)CC2CCC1C2.CCC(C)C(=O)OC(C)(C)C12CC3CC(CC(C3)C1)C2. The van der Waals surface area contributed by atoms with Gasteiger partial charge in [-0.25, -0.2) is 0 Å². The topological polar surface area (TPSA) is 132 Å². The van der Waals surface area contributed by atoms with E-state index in [-0.39, 0.29) is 100 Å². The Bertz CT molecular complexity index is 2580. The monoisotopic (exact) mass is 1420 g/mol. The smallest absolute Gasteiger partial charge is 0.404 e. The fourth-order valence-corrected chi connectivity index (χ4v) is 18.7. The van der Waals surface area contributed by atoms with Crippen molar-refractivity contribution in [2.45, 2.75) is 375 Å². The summed E-state index contributed by atoms with van der Waals surface area (Å²) in [6.45, 7) is 33.5. The molecule has 10 nitrogen and oxygen atoms in total. The molecule has 10 unspecified atom stereocenters. The van der Waals surface area contributed by atoms with Crippen LogP contribution in [0.15, 0.2) is 0 Å². The molecule has 0 aromatic carbocycles. The highest BCUT2D eigenvalue weighted by molar-refractivity contribution is 5.79. The van der Waals surface area contributed by atoms with E-state index in [1.54, 1.807) is 6.92 Å². The molecule has 0 spiro atoms. The minimum absolute atomic E-state index is 0. The number of carbonyl (C=O) groups is 5. The molecule has 19 heteroatoms. The van der Waals surface area contributed by atoms with Crippen LogP contribution >= 0.6 is 0 Å². The average Bonchev–Trinajstić information content (AvgIpc) is 1.09. The van der Waals surface area contributed by atoms with E-state index in [9.17, 15) is 63.5 Å². The van der Waals surface area contributed by atoms with E-state index in [4.69, 9.17) is 23.7 Å². The molecular weight excluding hydrogens is 1280 g/mol. The molecule has 0 saturated heterocycles. The maximum absolute atomic E-state index is 13.4. The first-order valence-electron chi connectivity index (χ1n) is 36.1. The molecule has 12 bridgehead atoms. The second kappa shape index (κ2) is 32.0. The van der Waals surface area contributed by atoms with Gasteiger partial charge in [-0.15, -0.1) is 0 Å². The number of ether oxygens (including phenoxy) is 5. The molecule has 12 aliphatic rings. The first-order chi connectivity index (χ1) is 42.7. The molecule has 12 aliphatic carbocycles. The van der Waals surface area contributed by atoms with Crippen molar-refractivity contribution in [3.05, 3.63) is 0 Å². The highest BCUT2D eigenvalue weighted by Crippen LogP contribution is 2.66. The van der Waals surface area contributed by atoms with Crippen LogP contribution in [0.25, 0.3) is 0 Å². The Labute approximate surface area is 587 Å². The van der Waals surface area contributed by atoms with Gasteiger partial charge < -0.3 is 23.7 Å². The Kier molecular flexibility index (Phi) is 29.6. The van der Waals surface area contributed by atoms with Crippen molar-refractivity contribution in [2.24, 2.45) is 97.6 Å². The molecule has 0 aromatic rings. The van der Waals surface area contributed by atoms with E-state index >= 15 is 0 Å². The maximum Gasteiger partial charge on any atom is 0.404 e. The Morgan fingerprint density at radius 1 is 0.378 bits per heavy atom.